The molecule has 3 heteroatoms. The molecule has 2 aliphatic carbocycles. The maximum Gasteiger partial charge on any atom is 0.218 e. The van der Waals surface area contributed by atoms with Crippen molar-refractivity contribution in [2.45, 2.75) is 51.3 Å². The van der Waals surface area contributed by atoms with Gasteiger partial charge in [0.1, 0.15) is 0 Å². The summed E-state index contributed by atoms with van der Waals surface area (Å²) in [6, 6.07) is 0. The van der Waals surface area contributed by atoms with E-state index in [0.717, 1.165) is 11.8 Å². The van der Waals surface area contributed by atoms with E-state index in [9.17, 15) is 0 Å². The smallest absolute Gasteiger partial charge is 0.218 e. The molecule has 3 rings (SSSR count). The van der Waals surface area contributed by atoms with Crippen LogP contribution in [0.4, 0.5) is 0 Å². The number of ether oxygens (including phenoxy) is 1. The van der Waals surface area contributed by atoms with Crippen LogP contribution < -0.4 is 5.73 Å². The summed E-state index contributed by atoms with van der Waals surface area (Å²) in [4.78, 5) is 4.44. The molecule has 0 aromatic carbocycles. The Morgan fingerprint density at radius 3 is 3.06 bits per heavy atom. The molecule has 16 heavy (non-hydrogen) atoms. The minimum atomic E-state index is -0.690. The second-order valence-electron chi connectivity index (χ2n) is 5.86. The van der Waals surface area contributed by atoms with Crippen molar-refractivity contribution in [3.63, 3.8) is 0 Å². The van der Waals surface area contributed by atoms with E-state index in [1.807, 2.05) is 6.21 Å². The number of nitrogens with two attached hydrogens (primary N) is 1. The zero-order valence-electron chi connectivity index (χ0n) is 10.1. The predicted molar refractivity (Wildman–Crippen MR) is 64.2 cm³/mol. The van der Waals surface area contributed by atoms with Crippen LogP contribution in [0.25, 0.3) is 0 Å². The van der Waals surface area contributed by atoms with E-state index >= 15 is 0 Å². The summed E-state index contributed by atoms with van der Waals surface area (Å²) in [6.45, 7) is 2.88. The third-order valence-corrected chi connectivity index (χ3v) is 5.05. The van der Waals surface area contributed by atoms with E-state index < -0.39 is 5.85 Å². The number of hydrogen-bond acceptors (Lipinski definition) is 3. The molecule has 90 valence electrons. The van der Waals surface area contributed by atoms with Crippen molar-refractivity contribution in [1.29, 1.82) is 0 Å². The third kappa shape index (κ3) is 1.31. The molecule has 3 aliphatic rings. The van der Waals surface area contributed by atoms with E-state index in [-0.39, 0.29) is 5.41 Å². The van der Waals surface area contributed by atoms with E-state index in [4.69, 9.17) is 10.5 Å². The Morgan fingerprint density at radius 1 is 1.50 bits per heavy atom. The number of hydrogen-bond donors (Lipinski definition) is 1. The highest BCUT2D eigenvalue weighted by Crippen LogP contribution is 2.62. The fourth-order valence-electron chi connectivity index (χ4n) is 4.27. The van der Waals surface area contributed by atoms with Gasteiger partial charge in [-0.05, 0) is 37.5 Å². The first-order chi connectivity index (χ1) is 7.69. The first kappa shape index (κ1) is 10.7. The monoisotopic (exact) mass is 222 g/mol. The Bertz CT molecular complexity index is 317. The standard InChI is InChI=1S/C13H22N2O/c1-2-3-10-8-12(5-4-11(10)9-12)13(14)15-6-7-16-13/h6,10-11H,2-5,7-9,14H2,1H3/t10?,11-,12+,13?/m0/s1. The average Bonchev–Trinajstić information content (AvgIpc) is 2.93. The minimum Gasteiger partial charge on any atom is -0.335 e. The van der Waals surface area contributed by atoms with Gasteiger partial charge in [0, 0.05) is 11.6 Å². The first-order valence-electron chi connectivity index (χ1n) is 6.66. The minimum absolute atomic E-state index is 0.157. The molecule has 2 saturated carbocycles. The maximum atomic E-state index is 6.37. The second kappa shape index (κ2) is 3.54. The lowest BCUT2D eigenvalue weighted by molar-refractivity contribution is -0.100. The maximum absolute atomic E-state index is 6.37. The van der Waals surface area contributed by atoms with Crippen molar-refractivity contribution < 1.29 is 4.74 Å². The van der Waals surface area contributed by atoms with Gasteiger partial charge in [-0.2, -0.15) is 0 Å². The van der Waals surface area contributed by atoms with Crippen molar-refractivity contribution >= 4 is 6.21 Å². The molecule has 0 aromatic rings. The normalized spacial score (nSPS) is 50.4. The van der Waals surface area contributed by atoms with Gasteiger partial charge in [-0.25, -0.2) is 4.99 Å². The van der Waals surface area contributed by atoms with Gasteiger partial charge in [-0.15, -0.1) is 0 Å². The van der Waals surface area contributed by atoms with Gasteiger partial charge in [0.25, 0.3) is 0 Å². The Kier molecular flexibility index (Phi) is 2.37. The molecule has 2 N–H and O–H groups in total. The quantitative estimate of drug-likeness (QED) is 0.796. The van der Waals surface area contributed by atoms with Gasteiger partial charge in [0.05, 0.1) is 6.61 Å². The van der Waals surface area contributed by atoms with E-state index in [0.29, 0.717) is 6.61 Å². The summed E-state index contributed by atoms with van der Waals surface area (Å²) in [7, 11) is 0. The molecule has 0 radical (unpaired) electrons. The first-order valence-corrected chi connectivity index (χ1v) is 6.66. The van der Waals surface area contributed by atoms with Crippen LogP contribution in [0.5, 0.6) is 0 Å². The lowest BCUT2D eigenvalue weighted by atomic mass is 9.75. The molecule has 0 spiro atoms. The highest BCUT2D eigenvalue weighted by atomic mass is 16.5. The second-order valence-corrected chi connectivity index (χ2v) is 5.86. The Hall–Kier alpha value is -0.410. The van der Waals surface area contributed by atoms with Crippen LogP contribution in [-0.2, 0) is 4.74 Å². The van der Waals surface area contributed by atoms with Gasteiger partial charge in [0.15, 0.2) is 0 Å². The molecule has 0 saturated heterocycles. The zero-order valence-corrected chi connectivity index (χ0v) is 10.1. The SMILES string of the molecule is CCCC1C[C@]2(C3(N)N=CCO3)CC[C@H]1C2. The Balaban J connectivity index is 1.82. The summed E-state index contributed by atoms with van der Waals surface area (Å²) in [6.07, 6.45) is 9.51. The van der Waals surface area contributed by atoms with Crippen molar-refractivity contribution in [3.05, 3.63) is 0 Å². The van der Waals surface area contributed by atoms with Crippen molar-refractivity contribution in [2.75, 3.05) is 6.61 Å². The summed E-state index contributed by atoms with van der Waals surface area (Å²) >= 11 is 0. The predicted octanol–water partition coefficient (Wildman–Crippen LogP) is 2.31. The molecule has 0 amide bonds. The highest BCUT2D eigenvalue weighted by Gasteiger charge is 2.61. The molecule has 4 atom stereocenters. The number of aliphatic imine (C=N–C) groups is 1. The van der Waals surface area contributed by atoms with Crippen LogP contribution in [-0.4, -0.2) is 18.7 Å². The zero-order chi connectivity index (χ0) is 11.2. The highest BCUT2D eigenvalue weighted by molar-refractivity contribution is 5.61. The van der Waals surface area contributed by atoms with Gasteiger partial charge < -0.3 is 4.74 Å². The van der Waals surface area contributed by atoms with Gasteiger partial charge in [-0.1, -0.05) is 19.8 Å². The van der Waals surface area contributed by atoms with Crippen LogP contribution in [0.1, 0.15) is 45.4 Å². The van der Waals surface area contributed by atoms with Crippen molar-refractivity contribution in [2.24, 2.45) is 28.0 Å². The summed E-state index contributed by atoms with van der Waals surface area (Å²) in [5.74, 6) is 1.07. The molecular formula is C13H22N2O. The topological polar surface area (TPSA) is 47.6 Å². The van der Waals surface area contributed by atoms with Crippen molar-refractivity contribution in [1.82, 2.24) is 0 Å². The third-order valence-electron chi connectivity index (χ3n) is 5.05. The molecule has 1 heterocycles. The fourth-order valence-corrected chi connectivity index (χ4v) is 4.27. The van der Waals surface area contributed by atoms with Crippen LogP contribution in [0.15, 0.2) is 4.99 Å². The molecule has 2 fully saturated rings. The molecule has 2 unspecified atom stereocenters. The number of nitrogens with zero attached hydrogens (tertiary/aromatic N) is 1. The fraction of sp³-hybridized carbons (Fsp3) is 0.923. The van der Waals surface area contributed by atoms with Crippen LogP contribution in [0, 0.1) is 17.3 Å². The van der Waals surface area contributed by atoms with E-state index in [1.165, 1.54) is 38.5 Å². The van der Waals surface area contributed by atoms with Crippen LogP contribution >= 0.6 is 0 Å². The number of fused-ring (bicyclic) bond motifs is 2. The lowest BCUT2D eigenvalue weighted by Crippen LogP contribution is -2.52. The van der Waals surface area contributed by atoms with Crippen LogP contribution in [0.3, 0.4) is 0 Å². The number of rotatable bonds is 3. The molecule has 3 nitrogen and oxygen atoms in total. The Morgan fingerprint density at radius 2 is 2.38 bits per heavy atom. The molecule has 0 aromatic heterocycles. The summed E-state index contributed by atoms with van der Waals surface area (Å²) < 4.78 is 5.73. The molecule has 2 bridgehead atoms. The summed E-state index contributed by atoms with van der Waals surface area (Å²) in [5, 5.41) is 0. The molecule has 1 aliphatic heterocycles. The largest absolute Gasteiger partial charge is 0.335 e. The Labute approximate surface area is 97.4 Å². The van der Waals surface area contributed by atoms with Crippen LogP contribution in [0.2, 0.25) is 0 Å². The average molecular weight is 222 g/mol. The van der Waals surface area contributed by atoms with Crippen molar-refractivity contribution in [3.8, 4) is 0 Å². The van der Waals surface area contributed by atoms with Gasteiger partial charge >= 0.3 is 0 Å². The van der Waals surface area contributed by atoms with E-state index in [2.05, 4.69) is 11.9 Å². The summed E-state index contributed by atoms with van der Waals surface area (Å²) in [5.41, 5.74) is 6.53. The molecular weight excluding hydrogens is 200 g/mol. The van der Waals surface area contributed by atoms with E-state index in [1.54, 1.807) is 0 Å². The van der Waals surface area contributed by atoms with Gasteiger partial charge in [0.2, 0.25) is 5.85 Å². The van der Waals surface area contributed by atoms with Gasteiger partial charge in [-0.3, -0.25) is 5.73 Å². The lowest BCUT2D eigenvalue weighted by Gasteiger charge is -2.40.